The molecule has 2 aromatic carbocycles. The van der Waals surface area contributed by atoms with E-state index in [4.69, 9.17) is 4.74 Å². The summed E-state index contributed by atoms with van der Waals surface area (Å²) in [5.41, 5.74) is 2.90. The Morgan fingerprint density at radius 3 is 2.59 bits per heavy atom. The van der Waals surface area contributed by atoms with Crippen molar-refractivity contribution in [1.82, 2.24) is 14.8 Å². The Kier molecular flexibility index (Phi) is 5.03. The first-order valence-corrected chi connectivity index (χ1v) is 9.00. The molecule has 0 saturated carbocycles. The largest absolute Gasteiger partial charge is 0.465 e. The molecule has 0 atom stereocenters. The van der Waals surface area contributed by atoms with Crippen LogP contribution in [-0.2, 0) is 11.3 Å². The predicted octanol–water partition coefficient (Wildman–Crippen LogP) is 3.52. The van der Waals surface area contributed by atoms with Crippen LogP contribution in [0.15, 0.2) is 73.1 Å². The summed E-state index contributed by atoms with van der Waals surface area (Å²) in [5.74, 6) is -0.818. The van der Waals surface area contributed by atoms with Gasteiger partial charge in [-0.05, 0) is 30.3 Å². The van der Waals surface area contributed by atoms with Gasteiger partial charge in [0.15, 0.2) is 0 Å². The molecule has 2 heterocycles. The van der Waals surface area contributed by atoms with E-state index in [2.05, 4.69) is 15.5 Å². The summed E-state index contributed by atoms with van der Waals surface area (Å²) >= 11 is 0. The zero-order chi connectivity index (χ0) is 20.2. The second-order valence-electron chi connectivity index (χ2n) is 6.39. The van der Waals surface area contributed by atoms with Gasteiger partial charge in [0.1, 0.15) is 0 Å². The van der Waals surface area contributed by atoms with Crippen molar-refractivity contribution >= 4 is 28.5 Å². The summed E-state index contributed by atoms with van der Waals surface area (Å²) in [6, 6.07) is 18.1. The average molecular weight is 386 g/mol. The molecule has 0 aliphatic rings. The highest BCUT2D eigenvalue weighted by atomic mass is 16.5. The summed E-state index contributed by atoms with van der Waals surface area (Å²) < 4.78 is 6.76. The van der Waals surface area contributed by atoms with Crippen LogP contribution in [0.25, 0.3) is 10.9 Å². The number of hydrogen-bond donors (Lipinski definition) is 1. The second kappa shape index (κ2) is 7.93. The average Bonchev–Trinajstić information content (AvgIpc) is 3.13. The Hall–Kier alpha value is -4.00. The van der Waals surface area contributed by atoms with Crippen LogP contribution < -0.4 is 5.32 Å². The maximum atomic E-state index is 13.1. The van der Waals surface area contributed by atoms with Gasteiger partial charge >= 0.3 is 5.97 Å². The molecule has 2 aromatic heterocycles. The fraction of sp³-hybridized carbons (Fsp3) is 0.0909. The first-order chi connectivity index (χ1) is 14.2. The standard InChI is InChI=1S/C22H18N4O3/c1-29-22(28)17-9-2-4-10-19(17)24-21(27)18-14-26(13-15-7-6-12-23-25-15)20-11-5-3-8-16(18)20/h2-12,14H,13H2,1H3,(H,24,27). The maximum Gasteiger partial charge on any atom is 0.339 e. The van der Waals surface area contributed by atoms with Crippen molar-refractivity contribution < 1.29 is 14.3 Å². The highest BCUT2D eigenvalue weighted by Gasteiger charge is 2.18. The van der Waals surface area contributed by atoms with Crippen LogP contribution in [0.3, 0.4) is 0 Å². The van der Waals surface area contributed by atoms with Gasteiger partial charge in [-0.2, -0.15) is 10.2 Å². The van der Waals surface area contributed by atoms with Crippen molar-refractivity contribution in [2.45, 2.75) is 6.54 Å². The fourth-order valence-corrected chi connectivity index (χ4v) is 3.22. The van der Waals surface area contributed by atoms with Gasteiger partial charge in [0.05, 0.1) is 36.2 Å². The molecule has 0 radical (unpaired) electrons. The maximum absolute atomic E-state index is 13.1. The third-order valence-corrected chi connectivity index (χ3v) is 4.57. The Morgan fingerprint density at radius 1 is 1.00 bits per heavy atom. The molecule has 7 heteroatoms. The Morgan fingerprint density at radius 2 is 1.79 bits per heavy atom. The van der Waals surface area contributed by atoms with E-state index in [1.54, 1.807) is 36.7 Å². The van der Waals surface area contributed by atoms with Crippen LogP contribution in [0.2, 0.25) is 0 Å². The molecule has 1 amide bonds. The minimum absolute atomic E-state index is 0.298. The van der Waals surface area contributed by atoms with Gasteiger partial charge in [-0.15, -0.1) is 0 Å². The van der Waals surface area contributed by atoms with E-state index in [0.717, 1.165) is 16.6 Å². The number of amides is 1. The molecule has 0 saturated heterocycles. The summed E-state index contributed by atoms with van der Waals surface area (Å²) in [4.78, 5) is 25.0. The molecular weight excluding hydrogens is 368 g/mol. The molecule has 0 bridgehead atoms. The molecule has 4 rings (SSSR count). The van der Waals surface area contributed by atoms with E-state index in [1.807, 2.05) is 41.0 Å². The van der Waals surface area contributed by atoms with E-state index in [0.29, 0.717) is 23.4 Å². The summed E-state index contributed by atoms with van der Waals surface area (Å²) in [6.45, 7) is 0.486. The molecular formula is C22H18N4O3. The zero-order valence-electron chi connectivity index (χ0n) is 15.7. The van der Waals surface area contributed by atoms with E-state index in [1.165, 1.54) is 7.11 Å². The quantitative estimate of drug-likeness (QED) is 0.531. The highest BCUT2D eigenvalue weighted by Crippen LogP contribution is 2.24. The van der Waals surface area contributed by atoms with Crippen molar-refractivity contribution in [2.75, 3.05) is 12.4 Å². The van der Waals surface area contributed by atoms with E-state index >= 15 is 0 Å². The van der Waals surface area contributed by atoms with Gasteiger partial charge in [0.25, 0.3) is 5.91 Å². The number of aromatic nitrogens is 3. The number of rotatable bonds is 5. The number of carbonyl (C=O) groups excluding carboxylic acids is 2. The van der Waals surface area contributed by atoms with Crippen molar-refractivity contribution in [3.05, 3.63) is 89.9 Å². The number of hydrogen-bond acceptors (Lipinski definition) is 5. The van der Waals surface area contributed by atoms with Crippen LogP contribution in [0, 0.1) is 0 Å². The molecule has 29 heavy (non-hydrogen) atoms. The van der Waals surface area contributed by atoms with Crippen LogP contribution in [0.1, 0.15) is 26.4 Å². The monoisotopic (exact) mass is 386 g/mol. The van der Waals surface area contributed by atoms with Gasteiger partial charge in [0, 0.05) is 23.3 Å². The van der Waals surface area contributed by atoms with Crippen molar-refractivity contribution in [3.8, 4) is 0 Å². The van der Waals surface area contributed by atoms with E-state index in [-0.39, 0.29) is 5.91 Å². The Labute approximate surface area is 167 Å². The number of methoxy groups -OCH3 is 1. The fourth-order valence-electron chi connectivity index (χ4n) is 3.22. The minimum Gasteiger partial charge on any atom is -0.465 e. The lowest BCUT2D eigenvalue weighted by Gasteiger charge is -2.09. The lowest BCUT2D eigenvalue weighted by atomic mass is 10.1. The van der Waals surface area contributed by atoms with Gasteiger partial charge in [-0.25, -0.2) is 4.79 Å². The number of carbonyl (C=O) groups is 2. The molecule has 0 unspecified atom stereocenters. The van der Waals surface area contributed by atoms with Crippen molar-refractivity contribution in [3.63, 3.8) is 0 Å². The number of esters is 1. The van der Waals surface area contributed by atoms with Crippen LogP contribution >= 0.6 is 0 Å². The van der Waals surface area contributed by atoms with E-state index in [9.17, 15) is 9.59 Å². The van der Waals surface area contributed by atoms with E-state index < -0.39 is 5.97 Å². The molecule has 4 aromatic rings. The topological polar surface area (TPSA) is 86.1 Å². The Bertz CT molecular complexity index is 1190. The lowest BCUT2D eigenvalue weighted by Crippen LogP contribution is -2.15. The molecule has 0 spiro atoms. The third kappa shape index (κ3) is 3.70. The Balaban J connectivity index is 1.70. The summed E-state index contributed by atoms with van der Waals surface area (Å²) in [5, 5.41) is 11.7. The van der Waals surface area contributed by atoms with Crippen LogP contribution in [0.5, 0.6) is 0 Å². The zero-order valence-corrected chi connectivity index (χ0v) is 15.7. The first kappa shape index (κ1) is 18.4. The second-order valence-corrected chi connectivity index (χ2v) is 6.39. The van der Waals surface area contributed by atoms with Gasteiger partial charge < -0.3 is 14.6 Å². The van der Waals surface area contributed by atoms with Gasteiger partial charge in [-0.3, -0.25) is 4.79 Å². The molecule has 144 valence electrons. The number of ether oxygens (including phenoxy) is 1. The van der Waals surface area contributed by atoms with Crippen LogP contribution in [-0.4, -0.2) is 33.8 Å². The predicted molar refractivity (Wildman–Crippen MR) is 109 cm³/mol. The minimum atomic E-state index is -0.508. The molecule has 0 aliphatic heterocycles. The molecule has 1 N–H and O–H groups in total. The number of fused-ring (bicyclic) bond motifs is 1. The number of benzene rings is 2. The third-order valence-electron chi connectivity index (χ3n) is 4.57. The van der Waals surface area contributed by atoms with Crippen molar-refractivity contribution in [1.29, 1.82) is 0 Å². The number of anilines is 1. The van der Waals surface area contributed by atoms with Gasteiger partial charge in [0.2, 0.25) is 0 Å². The van der Waals surface area contributed by atoms with Crippen LogP contribution in [0.4, 0.5) is 5.69 Å². The molecule has 0 aliphatic carbocycles. The normalized spacial score (nSPS) is 10.7. The number of nitrogens with one attached hydrogen (secondary N) is 1. The first-order valence-electron chi connectivity index (χ1n) is 9.00. The molecule has 7 nitrogen and oxygen atoms in total. The van der Waals surface area contributed by atoms with Gasteiger partial charge in [-0.1, -0.05) is 30.3 Å². The number of para-hydroxylation sites is 2. The lowest BCUT2D eigenvalue weighted by molar-refractivity contribution is 0.0602. The summed E-state index contributed by atoms with van der Waals surface area (Å²) in [7, 11) is 1.31. The molecule has 0 fully saturated rings. The highest BCUT2D eigenvalue weighted by molar-refractivity contribution is 6.14. The van der Waals surface area contributed by atoms with Crippen molar-refractivity contribution in [2.24, 2.45) is 0 Å². The number of nitrogens with zero attached hydrogens (tertiary/aromatic N) is 3. The SMILES string of the molecule is COC(=O)c1ccccc1NC(=O)c1cn(Cc2cccnn2)c2ccccc12. The smallest absolute Gasteiger partial charge is 0.339 e. The summed E-state index contributed by atoms with van der Waals surface area (Å²) in [6.07, 6.45) is 3.41.